The average molecular weight is 374 g/mol. The van der Waals surface area contributed by atoms with Crippen molar-refractivity contribution in [1.29, 1.82) is 0 Å². The predicted molar refractivity (Wildman–Crippen MR) is 117 cm³/mol. The van der Waals surface area contributed by atoms with Crippen molar-refractivity contribution in [3.05, 3.63) is 101 Å². The van der Waals surface area contributed by atoms with E-state index in [9.17, 15) is 0 Å². The summed E-state index contributed by atoms with van der Waals surface area (Å²) in [6, 6.07) is 21.8. The molecule has 0 amide bonds. The Bertz CT molecular complexity index is 847. The van der Waals surface area contributed by atoms with Crippen LogP contribution in [0.1, 0.15) is 48.6 Å². The Kier molecular flexibility index (Phi) is 6.61. The van der Waals surface area contributed by atoms with Crippen LogP contribution in [0.2, 0.25) is 0 Å². The molecule has 3 heteroatoms. The minimum Gasteiger partial charge on any atom is -0.326 e. The molecule has 28 heavy (non-hydrogen) atoms. The lowest BCUT2D eigenvalue weighted by atomic mass is 9.87. The highest BCUT2D eigenvalue weighted by atomic mass is 15.1. The molecule has 3 nitrogen and oxygen atoms in total. The van der Waals surface area contributed by atoms with Gasteiger partial charge in [0.25, 0.3) is 0 Å². The normalized spacial score (nSPS) is 11.8. The maximum Gasteiger partial charge on any atom is 0.0312 e. The number of hydrogen-bond donors (Lipinski definition) is 1. The van der Waals surface area contributed by atoms with Gasteiger partial charge < -0.3 is 5.73 Å². The van der Waals surface area contributed by atoms with Crippen LogP contribution >= 0.6 is 0 Å². The Balaban J connectivity index is 1.76. The van der Waals surface area contributed by atoms with Gasteiger partial charge >= 0.3 is 0 Å². The summed E-state index contributed by atoms with van der Waals surface area (Å²) in [6.07, 6.45) is 3.78. The standard InChI is InChI=1S/C25H31N3/c1-25(2,3)24-12-10-22(11-13-24)18-28(19-23-5-4-14-27-16-23)17-21-8-6-20(15-26)7-9-21/h4-14,16H,15,17-19,26H2,1-3H3. The van der Waals surface area contributed by atoms with Crippen molar-refractivity contribution < 1.29 is 0 Å². The molecular formula is C25H31N3. The molecule has 0 fully saturated rings. The van der Waals surface area contributed by atoms with E-state index in [0.29, 0.717) is 6.54 Å². The fraction of sp³-hybridized carbons (Fsp3) is 0.320. The third-order valence-corrected chi connectivity index (χ3v) is 5.02. The molecule has 3 aromatic rings. The van der Waals surface area contributed by atoms with Gasteiger partial charge in [0, 0.05) is 38.6 Å². The fourth-order valence-corrected chi connectivity index (χ4v) is 3.32. The lowest BCUT2D eigenvalue weighted by molar-refractivity contribution is 0.247. The summed E-state index contributed by atoms with van der Waals surface area (Å²) in [5.41, 5.74) is 12.3. The van der Waals surface area contributed by atoms with Gasteiger partial charge in [-0.05, 0) is 39.3 Å². The summed E-state index contributed by atoms with van der Waals surface area (Å²) in [6.45, 7) is 10.00. The molecule has 2 aromatic carbocycles. The van der Waals surface area contributed by atoms with Crippen molar-refractivity contribution in [2.45, 2.75) is 52.4 Å². The third-order valence-electron chi connectivity index (χ3n) is 5.02. The van der Waals surface area contributed by atoms with Gasteiger partial charge in [0.1, 0.15) is 0 Å². The lowest BCUT2D eigenvalue weighted by Gasteiger charge is -2.24. The molecule has 1 heterocycles. The van der Waals surface area contributed by atoms with Crippen molar-refractivity contribution in [2.24, 2.45) is 5.73 Å². The zero-order valence-corrected chi connectivity index (χ0v) is 17.2. The van der Waals surface area contributed by atoms with Gasteiger partial charge in [-0.25, -0.2) is 0 Å². The molecule has 146 valence electrons. The molecule has 0 spiro atoms. The van der Waals surface area contributed by atoms with E-state index in [1.165, 1.54) is 27.8 Å². The van der Waals surface area contributed by atoms with E-state index in [1.54, 1.807) is 0 Å². The molecule has 0 atom stereocenters. The molecule has 0 radical (unpaired) electrons. The first-order valence-corrected chi connectivity index (χ1v) is 9.92. The first-order chi connectivity index (χ1) is 13.4. The summed E-state index contributed by atoms with van der Waals surface area (Å²) in [4.78, 5) is 6.73. The van der Waals surface area contributed by atoms with Crippen LogP contribution in [0.3, 0.4) is 0 Å². The van der Waals surface area contributed by atoms with Crippen LogP contribution in [0.25, 0.3) is 0 Å². The number of rotatable bonds is 7. The number of nitrogens with zero attached hydrogens (tertiary/aromatic N) is 2. The smallest absolute Gasteiger partial charge is 0.0312 e. The Morgan fingerprint density at radius 2 is 1.29 bits per heavy atom. The van der Waals surface area contributed by atoms with Crippen LogP contribution in [0.15, 0.2) is 73.1 Å². The molecule has 0 saturated heterocycles. The molecule has 0 saturated carbocycles. The van der Waals surface area contributed by atoms with E-state index in [1.807, 2.05) is 18.5 Å². The van der Waals surface area contributed by atoms with Crippen LogP contribution in [-0.4, -0.2) is 9.88 Å². The highest BCUT2D eigenvalue weighted by molar-refractivity contribution is 5.28. The summed E-state index contributed by atoms with van der Waals surface area (Å²) < 4.78 is 0. The highest BCUT2D eigenvalue weighted by Crippen LogP contribution is 2.23. The van der Waals surface area contributed by atoms with Crippen molar-refractivity contribution >= 4 is 0 Å². The zero-order chi connectivity index (χ0) is 20.0. The van der Waals surface area contributed by atoms with Gasteiger partial charge in [-0.2, -0.15) is 0 Å². The van der Waals surface area contributed by atoms with Crippen LogP contribution in [0, 0.1) is 0 Å². The Morgan fingerprint density at radius 3 is 1.79 bits per heavy atom. The second kappa shape index (κ2) is 9.13. The number of pyridine rings is 1. The van der Waals surface area contributed by atoms with E-state index < -0.39 is 0 Å². The van der Waals surface area contributed by atoms with E-state index in [-0.39, 0.29) is 5.41 Å². The molecule has 0 bridgehead atoms. The van der Waals surface area contributed by atoms with Crippen LogP contribution in [0.5, 0.6) is 0 Å². The molecular weight excluding hydrogens is 342 g/mol. The first kappa shape index (κ1) is 20.2. The van der Waals surface area contributed by atoms with E-state index in [2.05, 4.69) is 85.3 Å². The van der Waals surface area contributed by atoms with Gasteiger partial charge in [0.15, 0.2) is 0 Å². The van der Waals surface area contributed by atoms with Crippen molar-refractivity contribution in [3.8, 4) is 0 Å². The van der Waals surface area contributed by atoms with E-state index >= 15 is 0 Å². The number of nitrogens with two attached hydrogens (primary N) is 1. The van der Waals surface area contributed by atoms with Crippen LogP contribution in [-0.2, 0) is 31.6 Å². The van der Waals surface area contributed by atoms with Crippen molar-refractivity contribution in [3.63, 3.8) is 0 Å². The lowest BCUT2D eigenvalue weighted by Crippen LogP contribution is -2.22. The average Bonchev–Trinajstić information content (AvgIpc) is 2.69. The Labute approximate surface area is 169 Å². The maximum atomic E-state index is 5.73. The first-order valence-electron chi connectivity index (χ1n) is 9.92. The quantitative estimate of drug-likeness (QED) is 0.631. The monoisotopic (exact) mass is 373 g/mol. The van der Waals surface area contributed by atoms with Crippen LogP contribution < -0.4 is 5.73 Å². The van der Waals surface area contributed by atoms with Gasteiger partial charge in [0.2, 0.25) is 0 Å². The Hall–Kier alpha value is -2.49. The molecule has 0 aliphatic rings. The SMILES string of the molecule is CC(C)(C)c1ccc(CN(Cc2ccc(CN)cc2)Cc2cccnc2)cc1. The van der Waals surface area contributed by atoms with Crippen molar-refractivity contribution in [2.75, 3.05) is 0 Å². The topological polar surface area (TPSA) is 42.1 Å². The third kappa shape index (κ3) is 5.75. The van der Waals surface area contributed by atoms with Gasteiger partial charge in [-0.3, -0.25) is 9.88 Å². The number of aromatic nitrogens is 1. The molecule has 0 aliphatic heterocycles. The largest absolute Gasteiger partial charge is 0.326 e. The second-order valence-electron chi connectivity index (χ2n) is 8.47. The fourth-order valence-electron chi connectivity index (χ4n) is 3.32. The Morgan fingerprint density at radius 1 is 0.750 bits per heavy atom. The van der Waals surface area contributed by atoms with E-state index in [4.69, 9.17) is 5.73 Å². The van der Waals surface area contributed by atoms with Crippen molar-refractivity contribution in [1.82, 2.24) is 9.88 Å². The van der Waals surface area contributed by atoms with Gasteiger partial charge in [-0.15, -0.1) is 0 Å². The highest BCUT2D eigenvalue weighted by Gasteiger charge is 2.14. The summed E-state index contributed by atoms with van der Waals surface area (Å²) in [7, 11) is 0. The van der Waals surface area contributed by atoms with E-state index in [0.717, 1.165) is 19.6 Å². The second-order valence-corrected chi connectivity index (χ2v) is 8.47. The molecule has 0 aliphatic carbocycles. The molecule has 3 rings (SSSR count). The number of benzene rings is 2. The number of hydrogen-bond acceptors (Lipinski definition) is 3. The summed E-state index contributed by atoms with van der Waals surface area (Å²) in [5.74, 6) is 0. The summed E-state index contributed by atoms with van der Waals surface area (Å²) in [5, 5.41) is 0. The molecule has 0 unspecified atom stereocenters. The van der Waals surface area contributed by atoms with Gasteiger partial charge in [-0.1, -0.05) is 75.4 Å². The maximum absolute atomic E-state index is 5.73. The minimum atomic E-state index is 0.179. The summed E-state index contributed by atoms with van der Waals surface area (Å²) >= 11 is 0. The molecule has 2 N–H and O–H groups in total. The zero-order valence-electron chi connectivity index (χ0n) is 17.2. The molecule has 1 aromatic heterocycles. The van der Waals surface area contributed by atoms with Crippen LogP contribution in [0.4, 0.5) is 0 Å². The van der Waals surface area contributed by atoms with Gasteiger partial charge in [0.05, 0.1) is 0 Å². The minimum absolute atomic E-state index is 0.179. The predicted octanol–water partition coefficient (Wildman–Crippen LogP) is 5.04.